The number of thiazole rings is 1. The number of aromatic nitrogens is 2. The molecule has 0 fully saturated rings. The van der Waals surface area contributed by atoms with E-state index < -0.39 is 10.0 Å². The van der Waals surface area contributed by atoms with Crippen LogP contribution in [0.4, 0.5) is 5.69 Å². The van der Waals surface area contributed by atoms with Crippen molar-refractivity contribution >= 4 is 48.8 Å². The average Bonchev–Trinajstić information content (AvgIpc) is 3.18. The Balaban J connectivity index is 1.54. The molecule has 0 radical (unpaired) electrons. The minimum Gasteiger partial charge on any atom is -0.362 e. The SMILES string of the molecule is Cc1c(C(=O)/C=C/Nc2ccc(S(N)(=O)=O)cc2)sc2nc3ccccc3n12. The van der Waals surface area contributed by atoms with Gasteiger partial charge in [-0.1, -0.05) is 23.5 Å². The second-order valence-electron chi connectivity index (χ2n) is 6.15. The Morgan fingerprint density at radius 1 is 1.18 bits per heavy atom. The van der Waals surface area contributed by atoms with E-state index in [1.165, 1.54) is 35.7 Å². The van der Waals surface area contributed by atoms with E-state index in [9.17, 15) is 13.2 Å². The molecule has 2 aromatic carbocycles. The van der Waals surface area contributed by atoms with Crippen LogP contribution in [-0.2, 0) is 10.0 Å². The summed E-state index contributed by atoms with van der Waals surface area (Å²) in [5, 5.41) is 8.02. The van der Waals surface area contributed by atoms with Gasteiger partial charge in [0.15, 0.2) is 10.7 Å². The van der Waals surface area contributed by atoms with Crippen molar-refractivity contribution in [1.82, 2.24) is 9.38 Å². The zero-order chi connectivity index (χ0) is 19.9. The van der Waals surface area contributed by atoms with Crippen molar-refractivity contribution in [2.24, 2.45) is 5.14 Å². The number of hydrogen-bond donors (Lipinski definition) is 2. The molecule has 0 bridgehead atoms. The zero-order valence-electron chi connectivity index (χ0n) is 14.8. The van der Waals surface area contributed by atoms with Crippen LogP contribution < -0.4 is 10.5 Å². The van der Waals surface area contributed by atoms with Crippen molar-refractivity contribution < 1.29 is 13.2 Å². The number of sulfonamides is 1. The van der Waals surface area contributed by atoms with Crippen LogP contribution in [-0.4, -0.2) is 23.6 Å². The number of imidazole rings is 1. The van der Waals surface area contributed by atoms with Crippen LogP contribution in [0.25, 0.3) is 16.0 Å². The number of para-hydroxylation sites is 2. The average molecular weight is 412 g/mol. The summed E-state index contributed by atoms with van der Waals surface area (Å²) < 4.78 is 24.5. The molecular weight excluding hydrogens is 396 g/mol. The fraction of sp³-hybridized carbons (Fsp3) is 0.0526. The first kappa shape index (κ1) is 18.4. The van der Waals surface area contributed by atoms with Gasteiger partial charge in [-0.2, -0.15) is 0 Å². The Bertz CT molecular complexity index is 1330. The summed E-state index contributed by atoms with van der Waals surface area (Å²) in [5.41, 5.74) is 3.36. The third-order valence-electron chi connectivity index (χ3n) is 4.28. The van der Waals surface area contributed by atoms with E-state index in [0.29, 0.717) is 10.6 Å². The summed E-state index contributed by atoms with van der Waals surface area (Å²) in [5.74, 6) is -0.134. The zero-order valence-corrected chi connectivity index (χ0v) is 16.4. The van der Waals surface area contributed by atoms with Gasteiger partial charge in [0.1, 0.15) is 0 Å². The maximum atomic E-state index is 12.6. The van der Waals surface area contributed by atoms with Gasteiger partial charge in [0.2, 0.25) is 10.0 Å². The number of nitrogens with two attached hydrogens (primary N) is 1. The Kier molecular flexibility index (Phi) is 4.50. The fourth-order valence-electron chi connectivity index (χ4n) is 2.92. The van der Waals surface area contributed by atoms with E-state index in [1.807, 2.05) is 35.6 Å². The molecule has 142 valence electrons. The molecule has 2 heterocycles. The second-order valence-corrected chi connectivity index (χ2v) is 8.69. The summed E-state index contributed by atoms with van der Waals surface area (Å²) in [6, 6.07) is 13.8. The number of aryl methyl sites for hydroxylation is 1. The van der Waals surface area contributed by atoms with Gasteiger partial charge in [-0.3, -0.25) is 9.20 Å². The van der Waals surface area contributed by atoms with Crippen LogP contribution in [0.2, 0.25) is 0 Å². The van der Waals surface area contributed by atoms with Crippen molar-refractivity contribution in [2.45, 2.75) is 11.8 Å². The molecule has 0 aliphatic heterocycles. The van der Waals surface area contributed by atoms with Crippen molar-refractivity contribution in [3.63, 3.8) is 0 Å². The molecule has 9 heteroatoms. The monoisotopic (exact) mass is 412 g/mol. The number of carbonyl (C=O) groups is 1. The first-order chi connectivity index (χ1) is 13.3. The number of nitrogens with one attached hydrogen (secondary N) is 1. The first-order valence-electron chi connectivity index (χ1n) is 8.31. The number of hydrogen-bond acceptors (Lipinski definition) is 6. The molecular formula is C19H16N4O3S2. The van der Waals surface area contributed by atoms with E-state index in [0.717, 1.165) is 21.7 Å². The third-order valence-corrected chi connectivity index (χ3v) is 6.37. The summed E-state index contributed by atoms with van der Waals surface area (Å²) in [4.78, 5) is 18.6. The minimum atomic E-state index is -3.72. The maximum Gasteiger partial charge on any atom is 0.238 e. The molecule has 28 heavy (non-hydrogen) atoms. The largest absolute Gasteiger partial charge is 0.362 e. The number of nitrogens with zero attached hydrogens (tertiary/aromatic N) is 2. The van der Waals surface area contributed by atoms with Gasteiger partial charge in [0.25, 0.3) is 0 Å². The highest BCUT2D eigenvalue weighted by Crippen LogP contribution is 2.28. The van der Waals surface area contributed by atoms with Crippen molar-refractivity contribution in [1.29, 1.82) is 0 Å². The van der Waals surface area contributed by atoms with E-state index in [1.54, 1.807) is 12.1 Å². The van der Waals surface area contributed by atoms with Gasteiger partial charge < -0.3 is 5.32 Å². The molecule has 4 aromatic rings. The van der Waals surface area contributed by atoms with Crippen molar-refractivity contribution in [2.75, 3.05) is 5.32 Å². The standard InChI is InChI=1S/C19H16N4O3S2/c1-12-18(27-19-22-15-4-2-3-5-16(15)23(12)19)17(24)10-11-21-13-6-8-14(9-7-13)28(20,25)26/h2-11,21H,1H3,(H2,20,25,26)/b11-10+. The number of primary sulfonamides is 1. The van der Waals surface area contributed by atoms with Gasteiger partial charge in [-0.25, -0.2) is 18.5 Å². The van der Waals surface area contributed by atoms with Crippen LogP contribution in [0.5, 0.6) is 0 Å². The van der Waals surface area contributed by atoms with Crippen molar-refractivity contribution in [3.8, 4) is 0 Å². The van der Waals surface area contributed by atoms with Crippen LogP contribution >= 0.6 is 11.3 Å². The Labute approximate surface area is 165 Å². The molecule has 4 rings (SSSR count). The molecule has 0 saturated carbocycles. The van der Waals surface area contributed by atoms with Crippen LogP contribution in [0.1, 0.15) is 15.4 Å². The Hall–Kier alpha value is -3.01. The predicted octanol–water partition coefficient (Wildman–Crippen LogP) is 3.31. The summed E-state index contributed by atoms with van der Waals surface area (Å²) in [6.45, 7) is 1.90. The van der Waals surface area contributed by atoms with Crippen molar-refractivity contribution in [3.05, 3.63) is 71.4 Å². The second kappa shape index (κ2) is 6.86. The molecule has 0 unspecified atom stereocenters. The maximum absolute atomic E-state index is 12.6. The lowest BCUT2D eigenvalue weighted by Gasteiger charge is -2.02. The topological polar surface area (TPSA) is 107 Å². The predicted molar refractivity (Wildman–Crippen MR) is 110 cm³/mol. The van der Waals surface area contributed by atoms with E-state index >= 15 is 0 Å². The summed E-state index contributed by atoms with van der Waals surface area (Å²) in [6.07, 6.45) is 2.96. The Morgan fingerprint density at radius 2 is 1.89 bits per heavy atom. The summed E-state index contributed by atoms with van der Waals surface area (Å²) >= 11 is 1.35. The quantitative estimate of drug-likeness (QED) is 0.386. The van der Waals surface area contributed by atoms with Crippen LogP contribution in [0.3, 0.4) is 0 Å². The van der Waals surface area contributed by atoms with Crippen LogP contribution in [0, 0.1) is 6.92 Å². The lowest BCUT2D eigenvalue weighted by Crippen LogP contribution is -2.11. The van der Waals surface area contributed by atoms with E-state index in [-0.39, 0.29) is 10.7 Å². The van der Waals surface area contributed by atoms with Gasteiger partial charge >= 0.3 is 0 Å². The van der Waals surface area contributed by atoms with Gasteiger partial charge in [0.05, 0.1) is 20.8 Å². The number of anilines is 1. The highest BCUT2D eigenvalue weighted by atomic mass is 32.2. The molecule has 0 atom stereocenters. The third kappa shape index (κ3) is 3.31. The molecule has 0 aliphatic rings. The lowest BCUT2D eigenvalue weighted by atomic mass is 10.2. The molecule has 3 N–H and O–H groups in total. The first-order valence-corrected chi connectivity index (χ1v) is 10.7. The fourth-order valence-corrected chi connectivity index (χ4v) is 4.50. The lowest BCUT2D eigenvalue weighted by molar-refractivity contribution is 0.104. The highest BCUT2D eigenvalue weighted by Gasteiger charge is 2.17. The van der Waals surface area contributed by atoms with Crippen LogP contribution in [0.15, 0.2) is 65.7 Å². The van der Waals surface area contributed by atoms with Gasteiger partial charge in [-0.15, -0.1) is 0 Å². The number of fused-ring (bicyclic) bond motifs is 3. The summed E-state index contributed by atoms with van der Waals surface area (Å²) in [7, 11) is -3.72. The molecule has 2 aromatic heterocycles. The smallest absolute Gasteiger partial charge is 0.238 e. The van der Waals surface area contributed by atoms with E-state index in [4.69, 9.17) is 5.14 Å². The molecule has 7 nitrogen and oxygen atoms in total. The highest BCUT2D eigenvalue weighted by molar-refractivity contribution is 7.89. The minimum absolute atomic E-state index is 0.0305. The molecule has 0 spiro atoms. The van der Waals surface area contributed by atoms with Gasteiger partial charge in [-0.05, 0) is 43.3 Å². The Morgan fingerprint density at radius 3 is 2.61 bits per heavy atom. The number of benzene rings is 2. The van der Waals surface area contributed by atoms with E-state index in [2.05, 4.69) is 10.3 Å². The molecule has 0 saturated heterocycles. The number of allylic oxidation sites excluding steroid dienone is 1. The normalized spacial score (nSPS) is 12.2. The number of carbonyl (C=O) groups excluding carboxylic acids is 1. The van der Waals surface area contributed by atoms with Gasteiger partial charge in [0, 0.05) is 23.7 Å². The molecule has 0 amide bonds. The number of rotatable bonds is 5. The molecule has 0 aliphatic carbocycles. The number of ketones is 1.